The van der Waals surface area contributed by atoms with Gasteiger partial charge in [0, 0.05) is 12.3 Å². The van der Waals surface area contributed by atoms with Crippen molar-refractivity contribution in [2.24, 2.45) is 22.4 Å². The Bertz CT molecular complexity index is 1370. The van der Waals surface area contributed by atoms with E-state index >= 15 is 0 Å². The van der Waals surface area contributed by atoms with E-state index in [-0.39, 0.29) is 36.5 Å². The number of nitrogens with one attached hydrogen (secondary N) is 2. The van der Waals surface area contributed by atoms with Crippen LogP contribution in [0.2, 0.25) is 0 Å². The summed E-state index contributed by atoms with van der Waals surface area (Å²) in [5.74, 6) is -0.00589. The van der Waals surface area contributed by atoms with Gasteiger partial charge in [-0.2, -0.15) is 0 Å². The smallest absolute Gasteiger partial charge is 0.328 e. The quantitative estimate of drug-likeness (QED) is 0.0793. The number of fused-ring (bicyclic) bond motifs is 2. The standard InChI is InChI=1S/C33H43N5O3/c1-2-3-10-27(39)11-6-12-28-25(15-14-24-17-22-8-4-5-9-23(22)18-29(24)28)19-30(38-31-13-7-16-36-31)26(20-32(40)41)21-37-33(34)35/h4-5,7-9,13-18,20,25,27-28,30,36,38-39H,2-3,6,10-12,19,21H2,1H3,(H,40,41)(H4,34,35,37). The SMILES string of the molecule is CCCCC(O)CCCC1c2cc3ccccc3cc2C=CC1CC(Nc1ccc[nH]1)C(=CC(=O)O)CN=C(N)N. The van der Waals surface area contributed by atoms with Crippen LogP contribution in [0.5, 0.6) is 0 Å². The van der Waals surface area contributed by atoms with Crippen molar-refractivity contribution in [2.45, 2.75) is 69.9 Å². The summed E-state index contributed by atoms with van der Waals surface area (Å²) in [6, 6.07) is 16.4. The van der Waals surface area contributed by atoms with E-state index in [1.807, 2.05) is 18.3 Å². The molecule has 1 heterocycles. The molecule has 0 aliphatic heterocycles. The second-order valence-corrected chi connectivity index (χ2v) is 11.0. The summed E-state index contributed by atoms with van der Waals surface area (Å²) >= 11 is 0. The van der Waals surface area contributed by atoms with Gasteiger partial charge in [-0.05, 0) is 83.2 Å². The van der Waals surface area contributed by atoms with Crippen molar-refractivity contribution < 1.29 is 15.0 Å². The van der Waals surface area contributed by atoms with E-state index in [4.69, 9.17) is 11.5 Å². The number of hydrogen-bond donors (Lipinski definition) is 6. The molecule has 0 bridgehead atoms. The van der Waals surface area contributed by atoms with E-state index in [1.54, 1.807) is 0 Å². The number of carbonyl (C=O) groups is 1. The topological polar surface area (TPSA) is 150 Å². The molecule has 0 radical (unpaired) electrons. The number of benzene rings is 2. The van der Waals surface area contributed by atoms with Gasteiger partial charge in [0.15, 0.2) is 5.96 Å². The van der Waals surface area contributed by atoms with Crippen molar-refractivity contribution >= 4 is 34.6 Å². The minimum absolute atomic E-state index is 0.0823. The molecule has 8 heteroatoms. The number of anilines is 1. The molecule has 0 fully saturated rings. The van der Waals surface area contributed by atoms with Crippen LogP contribution in [0, 0.1) is 5.92 Å². The molecule has 8 N–H and O–H groups in total. The van der Waals surface area contributed by atoms with Crippen molar-refractivity contribution in [3.05, 3.63) is 83.6 Å². The fourth-order valence-electron chi connectivity index (χ4n) is 5.88. The van der Waals surface area contributed by atoms with Gasteiger partial charge in [0.2, 0.25) is 0 Å². The Balaban J connectivity index is 1.66. The molecule has 41 heavy (non-hydrogen) atoms. The van der Waals surface area contributed by atoms with Crippen molar-refractivity contribution in [1.82, 2.24) is 4.98 Å². The van der Waals surface area contributed by atoms with E-state index in [1.165, 1.54) is 28.0 Å². The van der Waals surface area contributed by atoms with Crippen LogP contribution in [-0.4, -0.2) is 45.8 Å². The Morgan fingerprint density at radius 2 is 1.88 bits per heavy atom. The Morgan fingerprint density at radius 1 is 1.12 bits per heavy atom. The second kappa shape index (κ2) is 14.6. The number of allylic oxidation sites excluding steroid dienone is 1. The Kier molecular flexibility index (Phi) is 10.6. The number of H-pyrrole nitrogens is 1. The predicted molar refractivity (Wildman–Crippen MR) is 168 cm³/mol. The third-order valence-electron chi connectivity index (χ3n) is 7.97. The fraction of sp³-hybridized carbons (Fsp3) is 0.394. The minimum atomic E-state index is -1.04. The highest BCUT2D eigenvalue weighted by Crippen LogP contribution is 2.42. The number of aliphatic hydroxyl groups is 1. The summed E-state index contributed by atoms with van der Waals surface area (Å²) in [4.78, 5) is 19.1. The van der Waals surface area contributed by atoms with Crippen molar-refractivity contribution in [3.8, 4) is 0 Å². The van der Waals surface area contributed by atoms with Gasteiger partial charge in [-0.1, -0.05) is 68.7 Å². The Labute approximate surface area is 242 Å². The van der Waals surface area contributed by atoms with E-state index in [2.05, 4.69) is 70.8 Å². The van der Waals surface area contributed by atoms with Gasteiger partial charge in [-0.15, -0.1) is 0 Å². The number of aromatic amines is 1. The van der Waals surface area contributed by atoms with Crippen LogP contribution in [0.4, 0.5) is 5.82 Å². The molecule has 4 unspecified atom stereocenters. The highest BCUT2D eigenvalue weighted by Gasteiger charge is 2.30. The van der Waals surface area contributed by atoms with Gasteiger partial charge in [0.05, 0.1) is 18.7 Å². The lowest BCUT2D eigenvalue weighted by atomic mass is 9.73. The summed E-state index contributed by atoms with van der Waals surface area (Å²) in [7, 11) is 0. The zero-order valence-electron chi connectivity index (χ0n) is 23.8. The molecule has 1 aliphatic carbocycles. The molecule has 8 nitrogen and oxygen atoms in total. The van der Waals surface area contributed by atoms with Gasteiger partial charge in [0.1, 0.15) is 5.82 Å². The van der Waals surface area contributed by atoms with E-state index in [0.717, 1.165) is 44.3 Å². The number of carboxylic acid groups (broad SMARTS) is 1. The van der Waals surface area contributed by atoms with E-state index in [9.17, 15) is 15.0 Å². The van der Waals surface area contributed by atoms with Crippen LogP contribution >= 0.6 is 0 Å². The van der Waals surface area contributed by atoms with Crippen LogP contribution in [0.1, 0.15) is 68.9 Å². The summed E-state index contributed by atoms with van der Waals surface area (Å²) in [5.41, 5.74) is 14.3. The predicted octanol–water partition coefficient (Wildman–Crippen LogP) is 5.77. The first kappa shape index (κ1) is 29.9. The molecule has 2 aromatic carbocycles. The zero-order chi connectivity index (χ0) is 29.2. The number of rotatable bonds is 15. The number of guanidine groups is 1. The van der Waals surface area contributed by atoms with Gasteiger partial charge in [0.25, 0.3) is 0 Å². The monoisotopic (exact) mass is 557 g/mol. The number of carboxylic acids is 1. The Morgan fingerprint density at radius 3 is 2.56 bits per heavy atom. The molecule has 3 aromatic rings. The lowest BCUT2D eigenvalue weighted by Gasteiger charge is -2.34. The van der Waals surface area contributed by atoms with Gasteiger partial charge < -0.3 is 32.0 Å². The van der Waals surface area contributed by atoms with Crippen LogP contribution in [0.25, 0.3) is 16.8 Å². The molecule has 218 valence electrons. The second-order valence-electron chi connectivity index (χ2n) is 11.0. The third kappa shape index (κ3) is 8.47. The normalized spacial score (nSPS) is 18.0. The molecule has 0 saturated carbocycles. The largest absolute Gasteiger partial charge is 0.478 e. The molecular weight excluding hydrogens is 514 g/mol. The van der Waals surface area contributed by atoms with E-state index in [0.29, 0.717) is 12.0 Å². The molecule has 0 saturated heterocycles. The number of hydrogen-bond acceptors (Lipinski definition) is 4. The maximum absolute atomic E-state index is 11.8. The van der Waals surface area contributed by atoms with Crippen LogP contribution in [0.3, 0.4) is 0 Å². The molecule has 1 aliphatic rings. The number of nitrogens with zero attached hydrogens (tertiary/aromatic N) is 1. The maximum Gasteiger partial charge on any atom is 0.328 e. The first-order valence-corrected chi connectivity index (χ1v) is 14.6. The average Bonchev–Trinajstić information content (AvgIpc) is 3.46. The zero-order valence-corrected chi connectivity index (χ0v) is 23.8. The van der Waals surface area contributed by atoms with Crippen LogP contribution in [0.15, 0.2) is 77.4 Å². The van der Waals surface area contributed by atoms with Crippen LogP contribution < -0.4 is 16.8 Å². The van der Waals surface area contributed by atoms with Crippen molar-refractivity contribution in [1.29, 1.82) is 0 Å². The van der Waals surface area contributed by atoms with Gasteiger partial charge in [-0.3, -0.25) is 0 Å². The number of aromatic nitrogens is 1. The summed E-state index contributed by atoms with van der Waals surface area (Å²) < 4.78 is 0. The molecule has 0 amide bonds. The van der Waals surface area contributed by atoms with Gasteiger partial charge >= 0.3 is 5.97 Å². The van der Waals surface area contributed by atoms with Crippen molar-refractivity contribution in [3.63, 3.8) is 0 Å². The third-order valence-corrected chi connectivity index (χ3v) is 7.97. The molecule has 1 aromatic heterocycles. The first-order valence-electron chi connectivity index (χ1n) is 14.6. The number of aliphatic carboxylic acids is 1. The maximum atomic E-state index is 11.8. The average molecular weight is 558 g/mol. The van der Waals surface area contributed by atoms with Crippen molar-refractivity contribution in [2.75, 3.05) is 11.9 Å². The molecular formula is C33H43N5O3. The molecule has 4 rings (SSSR count). The summed E-state index contributed by atoms with van der Waals surface area (Å²) in [6.07, 6.45) is 13.4. The minimum Gasteiger partial charge on any atom is -0.478 e. The lowest BCUT2D eigenvalue weighted by Crippen LogP contribution is -2.31. The van der Waals surface area contributed by atoms with Crippen LogP contribution in [-0.2, 0) is 4.79 Å². The number of nitrogens with two attached hydrogens (primary N) is 2. The highest BCUT2D eigenvalue weighted by molar-refractivity contribution is 5.87. The van der Waals surface area contributed by atoms with E-state index < -0.39 is 5.97 Å². The lowest BCUT2D eigenvalue weighted by molar-refractivity contribution is -0.131. The Hall–Kier alpha value is -4.04. The molecule has 4 atom stereocenters. The number of unbranched alkanes of at least 4 members (excludes halogenated alkanes) is 1. The fourth-order valence-corrected chi connectivity index (χ4v) is 5.88. The van der Waals surface area contributed by atoms with Gasteiger partial charge in [-0.25, -0.2) is 9.79 Å². The highest BCUT2D eigenvalue weighted by atomic mass is 16.4. The first-order chi connectivity index (χ1) is 19.8. The number of aliphatic hydroxyl groups excluding tert-OH is 1. The summed E-state index contributed by atoms with van der Waals surface area (Å²) in [5, 5.41) is 26.1. The summed E-state index contributed by atoms with van der Waals surface area (Å²) in [6.45, 7) is 2.23. The molecule has 0 spiro atoms. The number of aliphatic imine (C=N–C) groups is 1.